The molecule has 4 rings (SSSR count). The number of nitrogens with one attached hydrogen (secondary N) is 1. The summed E-state index contributed by atoms with van der Waals surface area (Å²) in [5, 5.41) is 0.977. The Morgan fingerprint density at radius 3 is 2.58 bits per heavy atom. The van der Waals surface area contributed by atoms with Crippen LogP contribution < -0.4 is 11.2 Å². The quantitative estimate of drug-likeness (QED) is 0.454. The van der Waals surface area contributed by atoms with E-state index in [-0.39, 0.29) is 0 Å². The molecule has 1 aromatic heterocycles. The average Bonchev–Trinajstić information content (AvgIpc) is 2.75. The van der Waals surface area contributed by atoms with E-state index in [1.807, 2.05) is 56.3 Å². The van der Waals surface area contributed by atoms with Crippen LogP contribution in [0.4, 0.5) is 0 Å². The lowest BCUT2D eigenvalue weighted by Crippen LogP contribution is -2.34. The highest BCUT2D eigenvalue weighted by atomic mass is 35.5. The van der Waals surface area contributed by atoms with E-state index in [9.17, 15) is 9.59 Å². The summed E-state index contributed by atoms with van der Waals surface area (Å²) >= 11 is 6.31. The van der Waals surface area contributed by atoms with Crippen molar-refractivity contribution in [3.05, 3.63) is 109 Å². The van der Waals surface area contributed by atoms with Crippen LogP contribution in [0.25, 0.3) is 27.7 Å². The van der Waals surface area contributed by atoms with Gasteiger partial charge in [0.2, 0.25) is 0 Å². The SMILES string of the molecule is C=N/C=C(\c1cc(C)ccc1C)n1c(=O)[nH]c2cc(-c3ccccc3Cl)ccc2c1=O. The number of aromatic nitrogens is 2. The van der Waals surface area contributed by atoms with Crippen molar-refractivity contribution < 1.29 is 0 Å². The molecule has 0 bridgehead atoms. The molecule has 0 amide bonds. The normalized spacial score (nSPS) is 11.6. The molecule has 0 fully saturated rings. The van der Waals surface area contributed by atoms with Gasteiger partial charge in [0.1, 0.15) is 0 Å². The standard InChI is InChI=1S/C25H20ClN3O2/c1-15-8-9-16(2)20(12-15)23(14-27-3)29-24(30)19-11-10-17(13-22(19)28-25(29)31)18-6-4-5-7-21(18)26/h4-14H,3H2,1-2H3,(H,28,31)/b23-14+. The molecule has 1 N–H and O–H groups in total. The van der Waals surface area contributed by atoms with Crippen molar-refractivity contribution in [2.24, 2.45) is 4.99 Å². The third-order valence-electron chi connectivity index (χ3n) is 5.21. The van der Waals surface area contributed by atoms with Crippen molar-refractivity contribution in [2.75, 3.05) is 0 Å². The number of aliphatic imine (C=N–C) groups is 1. The first-order valence-corrected chi connectivity index (χ1v) is 10.1. The third-order valence-corrected chi connectivity index (χ3v) is 5.54. The molecule has 0 unspecified atom stereocenters. The largest absolute Gasteiger partial charge is 0.333 e. The van der Waals surface area contributed by atoms with Crippen LogP contribution in [0.15, 0.2) is 81.4 Å². The molecule has 0 radical (unpaired) electrons. The Kier molecular flexibility index (Phi) is 5.44. The molecule has 0 aliphatic heterocycles. The molecule has 0 atom stereocenters. The monoisotopic (exact) mass is 429 g/mol. The van der Waals surface area contributed by atoms with Gasteiger partial charge >= 0.3 is 5.69 Å². The van der Waals surface area contributed by atoms with Gasteiger partial charge in [-0.1, -0.05) is 53.6 Å². The van der Waals surface area contributed by atoms with Crippen LogP contribution in [-0.4, -0.2) is 16.3 Å². The minimum Gasteiger partial charge on any atom is -0.306 e. The summed E-state index contributed by atoms with van der Waals surface area (Å²) in [6, 6.07) is 18.5. The molecule has 0 saturated heterocycles. The maximum absolute atomic E-state index is 13.4. The number of hydrogen-bond acceptors (Lipinski definition) is 3. The first kappa shape index (κ1) is 20.6. The molecule has 0 aliphatic carbocycles. The van der Waals surface area contributed by atoms with E-state index in [1.165, 1.54) is 6.20 Å². The van der Waals surface area contributed by atoms with Crippen LogP contribution in [-0.2, 0) is 0 Å². The van der Waals surface area contributed by atoms with Crippen LogP contribution in [0.2, 0.25) is 5.02 Å². The third kappa shape index (κ3) is 3.76. The number of benzene rings is 3. The summed E-state index contributed by atoms with van der Waals surface area (Å²) in [5.74, 6) is 0. The number of H-pyrrole nitrogens is 1. The highest BCUT2D eigenvalue weighted by molar-refractivity contribution is 6.33. The molecule has 154 valence electrons. The van der Waals surface area contributed by atoms with E-state index in [2.05, 4.69) is 16.7 Å². The lowest BCUT2D eigenvalue weighted by molar-refractivity contribution is 0.918. The second kappa shape index (κ2) is 8.20. The summed E-state index contributed by atoms with van der Waals surface area (Å²) < 4.78 is 1.11. The van der Waals surface area contributed by atoms with Gasteiger partial charge in [-0.05, 0) is 56.0 Å². The smallest absolute Gasteiger partial charge is 0.306 e. The van der Waals surface area contributed by atoms with Crippen molar-refractivity contribution in [3.8, 4) is 11.1 Å². The van der Waals surface area contributed by atoms with Gasteiger partial charge in [-0.25, -0.2) is 9.36 Å². The van der Waals surface area contributed by atoms with Crippen molar-refractivity contribution in [2.45, 2.75) is 13.8 Å². The number of fused-ring (bicyclic) bond motifs is 1. The molecule has 0 aliphatic rings. The first-order chi connectivity index (χ1) is 14.9. The second-order valence-electron chi connectivity index (χ2n) is 7.33. The highest BCUT2D eigenvalue weighted by Crippen LogP contribution is 2.29. The highest BCUT2D eigenvalue weighted by Gasteiger charge is 2.16. The van der Waals surface area contributed by atoms with E-state index in [1.54, 1.807) is 18.2 Å². The van der Waals surface area contributed by atoms with Crippen molar-refractivity contribution in [3.63, 3.8) is 0 Å². The Morgan fingerprint density at radius 2 is 1.84 bits per heavy atom. The number of halogens is 1. The number of nitrogens with zero attached hydrogens (tertiary/aromatic N) is 2. The second-order valence-corrected chi connectivity index (χ2v) is 7.73. The van der Waals surface area contributed by atoms with E-state index >= 15 is 0 Å². The molecule has 4 aromatic rings. The van der Waals surface area contributed by atoms with E-state index in [4.69, 9.17) is 11.6 Å². The topological polar surface area (TPSA) is 67.2 Å². The lowest BCUT2D eigenvalue weighted by Gasteiger charge is -2.14. The number of rotatable bonds is 4. The summed E-state index contributed by atoms with van der Waals surface area (Å²) in [4.78, 5) is 33.1. The van der Waals surface area contributed by atoms with Gasteiger partial charge in [0.25, 0.3) is 5.56 Å². The lowest BCUT2D eigenvalue weighted by atomic mass is 10.0. The van der Waals surface area contributed by atoms with Crippen molar-refractivity contribution in [1.82, 2.24) is 9.55 Å². The first-order valence-electron chi connectivity index (χ1n) is 9.68. The molecule has 0 spiro atoms. The Hall–Kier alpha value is -3.70. The molecular weight excluding hydrogens is 410 g/mol. The minimum atomic E-state index is -0.551. The molecule has 0 saturated carbocycles. The molecule has 3 aromatic carbocycles. The fourth-order valence-corrected chi connectivity index (χ4v) is 3.89. The summed E-state index contributed by atoms with van der Waals surface area (Å²) in [6.45, 7) is 7.38. The Labute approximate surface area is 184 Å². The molecule has 5 nitrogen and oxygen atoms in total. The molecule has 6 heteroatoms. The van der Waals surface area contributed by atoms with Crippen LogP contribution >= 0.6 is 11.6 Å². The van der Waals surface area contributed by atoms with Crippen LogP contribution in [0, 0.1) is 13.8 Å². The van der Waals surface area contributed by atoms with Gasteiger partial charge in [-0.2, -0.15) is 0 Å². The van der Waals surface area contributed by atoms with Gasteiger partial charge in [0.05, 0.1) is 22.8 Å². The van der Waals surface area contributed by atoms with Gasteiger partial charge in [0.15, 0.2) is 0 Å². The molecule has 31 heavy (non-hydrogen) atoms. The van der Waals surface area contributed by atoms with E-state index in [0.29, 0.717) is 21.6 Å². The van der Waals surface area contributed by atoms with Crippen LogP contribution in [0.3, 0.4) is 0 Å². The van der Waals surface area contributed by atoms with Crippen LogP contribution in [0.1, 0.15) is 16.7 Å². The van der Waals surface area contributed by atoms with Gasteiger partial charge < -0.3 is 4.98 Å². The zero-order valence-electron chi connectivity index (χ0n) is 17.1. The maximum Gasteiger partial charge on any atom is 0.333 e. The van der Waals surface area contributed by atoms with Crippen molar-refractivity contribution in [1.29, 1.82) is 0 Å². The fraction of sp³-hybridized carbons (Fsp3) is 0.0800. The predicted molar refractivity (Wildman–Crippen MR) is 128 cm³/mol. The summed E-state index contributed by atoms with van der Waals surface area (Å²) in [5.41, 5.74) is 4.13. The summed E-state index contributed by atoms with van der Waals surface area (Å²) in [6.07, 6.45) is 1.43. The minimum absolute atomic E-state index is 0.375. The maximum atomic E-state index is 13.4. The fourth-order valence-electron chi connectivity index (χ4n) is 3.65. The summed E-state index contributed by atoms with van der Waals surface area (Å²) in [7, 11) is 0. The Bertz CT molecular complexity index is 1480. The Balaban J connectivity index is 1.96. The van der Waals surface area contributed by atoms with Gasteiger partial charge in [-0.3, -0.25) is 9.79 Å². The zero-order chi connectivity index (χ0) is 22.1. The van der Waals surface area contributed by atoms with Gasteiger partial charge in [-0.15, -0.1) is 0 Å². The number of aryl methyl sites for hydroxylation is 2. The van der Waals surface area contributed by atoms with Crippen LogP contribution in [0.5, 0.6) is 0 Å². The Morgan fingerprint density at radius 1 is 1.06 bits per heavy atom. The average molecular weight is 430 g/mol. The molecular formula is C25H20ClN3O2. The van der Waals surface area contributed by atoms with Gasteiger partial charge in [0, 0.05) is 16.1 Å². The predicted octanol–water partition coefficient (Wildman–Crippen LogP) is 5.17. The number of aromatic amines is 1. The van der Waals surface area contributed by atoms with E-state index < -0.39 is 11.2 Å². The zero-order valence-corrected chi connectivity index (χ0v) is 17.9. The van der Waals surface area contributed by atoms with Crippen molar-refractivity contribution >= 4 is 34.9 Å². The van der Waals surface area contributed by atoms with E-state index in [0.717, 1.165) is 32.4 Å². The number of hydrogen-bond donors (Lipinski definition) is 1. The molecule has 1 heterocycles.